The maximum atomic E-state index is 12.4. The Morgan fingerprint density at radius 1 is 1.06 bits per heavy atom. The largest absolute Gasteiger partial charge is 0.482 e. The molecule has 164 valence electrons. The third kappa shape index (κ3) is 4.12. The molecule has 0 spiro atoms. The summed E-state index contributed by atoms with van der Waals surface area (Å²) in [6, 6.07) is 11.8. The highest BCUT2D eigenvalue weighted by Gasteiger charge is 2.34. The second-order valence-electron chi connectivity index (χ2n) is 7.87. The van der Waals surface area contributed by atoms with Crippen LogP contribution in [-0.4, -0.2) is 48.2 Å². The van der Waals surface area contributed by atoms with Crippen molar-refractivity contribution in [1.29, 1.82) is 0 Å². The van der Waals surface area contributed by atoms with Gasteiger partial charge >= 0.3 is 0 Å². The average Bonchev–Trinajstić information content (AvgIpc) is 3.01. The fraction of sp³-hybridized carbons (Fsp3) is 0.250. The molecule has 0 bridgehead atoms. The Morgan fingerprint density at radius 2 is 1.75 bits per heavy atom. The summed E-state index contributed by atoms with van der Waals surface area (Å²) in [7, 11) is 0. The second-order valence-corrected chi connectivity index (χ2v) is 7.87. The number of amides is 4. The van der Waals surface area contributed by atoms with Gasteiger partial charge in [-0.3, -0.25) is 24.1 Å². The van der Waals surface area contributed by atoms with Gasteiger partial charge < -0.3 is 15.0 Å². The van der Waals surface area contributed by atoms with Gasteiger partial charge in [0.1, 0.15) is 5.75 Å². The van der Waals surface area contributed by atoms with Gasteiger partial charge in [-0.25, -0.2) is 0 Å². The van der Waals surface area contributed by atoms with Crippen LogP contribution >= 0.6 is 0 Å². The molecule has 8 nitrogen and oxygen atoms in total. The minimum absolute atomic E-state index is 0.0379. The van der Waals surface area contributed by atoms with Gasteiger partial charge in [0.25, 0.3) is 17.7 Å². The predicted molar refractivity (Wildman–Crippen MR) is 119 cm³/mol. The van der Waals surface area contributed by atoms with Crippen LogP contribution in [0.2, 0.25) is 0 Å². The van der Waals surface area contributed by atoms with Gasteiger partial charge in [0.15, 0.2) is 6.61 Å². The van der Waals surface area contributed by atoms with Crippen molar-refractivity contribution in [2.24, 2.45) is 0 Å². The van der Waals surface area contributed by atoms with Crippen molar-refractivity contribution < 1.29 is 23.9 Å². The Bertz CT molecular complexity index is 1110. The topological polar surface area (TPSA) is 96.0 Å². The van der Waals surface area contributed by atoms with Gasteiger partial charge in [0.2, 0.25) is 5.91 Å². The summed E-state index contributed by atoms with van der Waals surface area (Å²) in [4.78, 5) is 52.2. The average molecular weight is 433 g/mol. The zero-order valence-corrected chi connectivity index (χ0v) is 17.7. The molecule has 32 heavy (non-hydrogen) atoms. The van der Waals surface area contributed by atoms with E-state index in [1.54, 1.807) is 47.4 Å². The fourth-order valence-electron chi connectivity index (χ4n) is 3.79. The quantitative estimate of drug-likeness (QED) is 0.535. The van der Waals surface area contributed by atoms with E-state index in [9.17, 15) is 19.2 Å². The molecule has 0 saturated heterocycles. The Hall–Kier alpha value is -3.94. The van der Waals surface area contributed by atoms with E-state index in [1.165, 1.54) is 4.90 Å². The first-order valence-corrected chi connectivity index (χ1v) is 10.3. The van der Waals surface area contributed by atoms with Crippen LogP contribution in [0, 0.1) is 0 Å². The molecular weight excluding hydrogens is 410 g/mol. The normalized spacial score (nSPS) is 14.7. The third-order valence-corrected chi connectivity index (χ3v) is 5.28. The Morgan fingerprint density at radius 3 is 2.41 bits per heavy atom. The smallest absolute Gasteiger partial charge is 0.265 e. The molecule has 0 fully saturated rings. The van der Waals surface area contributed by atoms with Gasteiger partial charge in [-0.2, -0.15) is 0 Å². The van der Waals surface area contributed by atoms with Crippen LogP contribution in [0.25, 0.3) is 0 Å². The molecule has 2 aromatic rings. The van der Waals surface area contributed by atoms with Crippen molar-refractivity contribution in [3.05, 3.63) is 65.7 Å². The number of rotatable bonds is 7. The summed E-state index contributed by atoms with van der Waals surface area (Å²) in [5, 5.41) is 2.80. The minimum atomic E-state index is -0.331. The lowest BCUT2D eigenvalue weighted by Gasteiger charge is -2.30. The van der Waals surface area contributed by atoms with Gasteiger partial charge in [-0.1, -0.05) is 24.3 Å². The number of benzene rings is 2. The van der Waals surface area contributed by atoms with E-state index in [-0.39, 0.29) is 43.2 Å². The van der Waals surface area contributed by atoms with Crippen LogP contribution in [0.4, 0.5) is 11.4 Å². The standard InChI is InChI=1S/C24H23N3O5/c1-15(2)13-27-19-12-16(9-10-20(19)32-14-22(27)29)25-21(28)8-5-11-26-23(30)17-6-3-4-7-18(17)24(26)31/h3-4,6-7,9-10,12H,1,5,8,11,13-14H2,2H3,(H,25,28). The number of ether oxygens (including phenoxy) is 1. The molecule has 2 heterocycles. The SMILES string of the molecule is C=C(C)CN1C(=O)COc2ccc(NC(=O)CCCN3C(=O)c4ccccc4C3=O)cc21. The number of hydrogen-bond donors (Lipinski definition) is 1. The summed E-state index contributed by atoms with van der Waals surface area (Å²) in [6.07, 6.45) is 0.473. The molecule has 0 unspecified atom stereocenters. The van der Waals surface area contributed by atoms with E-state index in [0.717, 1.165) is 5.57 Å². The highest BCUT2D eigenvalue weighted by Crippen LogP contribution is 2.35. The Kier molecular flexibility index (Phi) is 5.77. The number of imide groups is 1. The van der Waals surface area contributed by atoms with Crippen molar-refractivity contribution in [3.8, 4) is 5.75 Å². The molecule has 1 N–H and O–H groups in total. The van der Waals surface area contributed by atoms with E-state index in [2.05, 4.69) is 11.9 Å². The monoisotopic (exact) mass is 433 g/mol. The lowest BCUT2D eigenvalue weighted by molar-refractivity contribution is -0.121. The molecule has 4 rings (SSSR count). The molecule has 0 saturated carbocycles. The number of carbonyl (C=O) groups excluding carboxylic acids is 4. The van der Waals surface area contributed by atoms with Crippen molar-refractivity contribution >= 4 is 35.0 Å². The first kappa shape index (κ1) is 21.3. The predicted octanol–water partition coefficient (Wildman–Crippen LogP) is 3.00. The van der Waals surface area contributed by atoms with Crippen LogP contribution in [0.3, 0.4) is 0 Å². The molecule has 0 atom stereocenters. The van der Waals surface area contributed by atoms with E-state index >= 15 is 0 Å². The Labute approximate surface area is 185 Å². The number of hydrogen-bond acceptors (Lipinski definition) is 5. The van der Waals surface area contributed by atoms with E-state index < -0.39 is 0 Å². The van der Waals surface area contributed by atoms with Crippen LogP contribution < -0.4 is 15.0 Å². The van der Waals surface area contributed by atoms with Crippen LogP contribution in [0.1, 0.15) is 40.5 Å². The van der Waals surface area contributed by atoms with Gasteiger partial charge in [-0.05, 0) is 43.7 Å². The fourth-order valence-corrected chi connectivity index (χ4v) is 3.79. The molecular formula is C24H23N3O5. The summed E-state index contributed by atoms with van der Waals surface area (Å²) in [5.41, 5.74) is 2.72. The van der Waals surface area contributed by atoms with E-state index in [0.29, 0.717) is 41.2 Å². The van der Waals surface area contributed by atoms with Crippen molar-refractivity contribution in [2.75, 3.05) is 29.9 Å². The van der Waals surface area contributed by atoms with Crippen LogP contribution in [-0.2, 0) is 9.59 Å². The van der Waals surface area contributed by atoms with Crippen molar-refractivity contribution in [3.63, 3.8) is 0 Å². The third-order valence-electron chi connectivity index (χ3n) is 5.28. The molecule has 2 aliphatic rings. The molecule has 8 heteroatoms. The number of carbonyl (C=O) groups is 4. The summed E-state index contributed by atoms with van der Waals surface area (Å²) < 4.78 is 5.47. The van der Waals surface area contributed by atoms with Gasteiger partial charge in [0.05, 0.1) is 16.8 Å². The number of fused-ring (bicyclic) bond motifs is 2. The van der Waals surface area contributed by atoms with Gasteiger partial charge in [0, 0.05) is 25.2 Å². The van der Waals surface area contributed by atoms with Gasteiger partial charge in [-0.15, -0.1) is 0 Å². The number of nitrogens with zero attached hydrogens (tertiary/aromatic N) is 2. The molecule has 0 aliphatic carbocycles. The number of nitrogens with one attached hydrogen (secondary N) is 1. The van der Waals surface area contributed by atoms with E-state index in [1.807, 2.05) is 6.92 Å². The highest BCUT2D eigenvalue weighted by atomic mass is 16.5. The lowest BCUT2D eigenvalue weighted by atomic mass is 10.1. The maximum Gasteiger partial charge on any atom is 0.265 e. The van der Waals surface area contributed by atoms with Crippen molar-refractivity contribution in [1.82, 2.24) is 4.90 Å². The lowest BCUT2D eigenvalue weighted by Crippen LogP contribution is -2.39. The second kappa shape index (κ2) is 8.66. The van der Waals surface area contributed by atoms with Crippen molar-refractivity contribution in [2.45, 2.75) is 19.8 Å². The molecule has 2 aromatic carbocycles. The summed E-state index contributed by atoms with van der Waals surface area (Å²) in [6.45, 7) is 6.19. The first-order chi connectivity index (χ1) is 15.3. The Balaban J connectivity index is 1.36. The van der Waals surface area contributed by atoms with E-state index in [4.69, 9.17) is 4.74 Å². The molecule has 0 aromatic heterocycles. The molecule has 2 aliphatic heterocycles. The first-order valence-electron chi connectivity index (χ1n) is 10.3. The highest BCUT2D eigenvalue weighted by molar-refractivity contribution is 6.21. The minimum Gasteiger partial charge on any atom is -0.482 e. The van der Waals surface area contributed by atoms with Crippen LogP contribution in [0.15, 0.2) is 54.6 Å². The number of anilines is 2. The molecule has 4 amide bonds. The zero-order valence-electron chi connectivity index (χ0n) is 17.7. The molecule has 0 radical (unpaired) electrons. The summed E-state index contributed by atoms with van der Waals surface area (Å²) >= 11 is 0. The zero-order chi connectivity index (χ0) is 22.8. The maximum absolute atomic E-state index is 12.4. The van der Waals surface area contributed by atoms with Crippen LogP contribution in [0.5, 0.6) is 5.75 Å². The summed E-state index contributed by atoms with van der Waals surface area (Å²) in [5.74, 6) is -0.526.